The van der Waals surface area contributed by atoms with Crippen LogP contribution in [0.5, 0.6) is 0 Å². The van der Waals surface area contributed by atoms with Gasteiger partial charge in [-0.25, -0.2) is 18.4 Å². The third-order valence-corrected chi connectivity index (χ3v) is 7.30. The molecule has 0 bridgehead atoms. The van der Waals surface area contributed by atoms with E-state index in [1.54, 1.807) is 0 Å². The Morgan fingerprint density at radius 2 is 2.00 bits per heavy atom. The maximum atomic E-state index is 11.9. The molecule has 0 N–H and O–H groups in total. The van der Waals surface area contributed by atoms with Gasteiger partial charge in [0.25, 0.3) is 0 Å². The van der Waals surface area contributed by atoms with E-state index >= 15 is 0 Å². The Bertz CT molecular complexity index is 945. The standard InChI is InChI=1S/C20H26N4O2S/c1-3-24(18-9-11-27(25,26)14-18)20-12-19(21-15(2)22-20)23-10-8-16-6-4-5-7-17(16)13-23/h4-7,12,18H,3,8-11,13-14H2,1-2H3. The Labute approximate surface area is 161 Å². The summed E-state index contributed by atoms with van der Waals surface area (Å²) in [6.07, 6.45) is 1.68. The van der Waals surface area contributed by atoms with Crippen LogP contribution in [0.4, 0.5) is 11.6 Å². The summed E-state index contributed by atoms with van der Waals surface area (Å²) in [6.45, 7) is 6.47. The number of anilines is 2. The van der Waals surface area contributed by atoms with Gasteiger partial charge in [0.05, 0.1) is 11.5 Å². The second-order valence-electron chi connectivity index (χ2n) is 7.41. The molecule has 7 heteroatoms. The monoisotopic (exact) mass is 386 g/mol. The Balaban J connectivity index is 1.62. The molecule has 4 rings (SSSR count). The SMILES string of the molecule is CCN(c1cc(N2CCc3ccccc3C2)nc(C)n1)C1CCS(=O)(=O)C1. The van der Waals surface area contributed by atoms with Crippen LogP contribution in [0.25, 0.3) is 0 Å². The molecule has 0 amide bonds. The Kier molecular flexibility index (Phi) is 4.80. The quantitative estimate of drug-likeness (QED) is 0.804. The summed E-state index contributed by atoms with van der Waals surface area (Å²) in [5.41, 5.74) is 2.75. The minimum Gasteiger partial charge on any atom is -0.353 e. The number of aromatic nitrogens is 2. The van der Waals surface area contributed by atoms with Crippen LogP contribution >= 0.6 is 0 Å². The van der Waals surface area contributed by atoms with E-state index in [4.69, 9.17) is 0 Å². The second kappa shape index (κ2) is 7.11. The maximum absolute atomic E-state index is 11.9. The van der Waals surface area contributed by atoms with Crippen molar-refractivity contribution < 1.29 is 8.42 Å². The first-order valence-electron chi connectivity index (χ1n) is 9.59. The summed E-state index contributed by atoms with van der Waals surface area (Å²) in [5, 5.41) is 0. The van der Waals surface area contributed by atoms with Gasteiger partial charge in [0.15, 0.2) is 9.84 Å². The molecule has 1 saturated heterocycles. The maximum Gasteiger partial charge on any atom is 0.152 e. The first-order chi connectivity index (χ1) is 12.9. The van der Waals surface area contributed by atoms with Gasteiger partial charge in [0, 0.05) is 31.7 Å². The van der Waals surface area contributed by atoms with Gasteiger partial charge in [0.2, 0.25) is 0 Å². The summed E-state index contributed by atoms with van der Waals surface area (Å²) in [5.74, 6) is 2.97. The number of aryl methyl sites for hydroxylation is 1. The topological polar surface area (TPSA) is 66.4 Å². The van der Waals surface area contributed by atoms with E-state index in [2.05, 4.69) is 51.0 Å². The smallest absolute Gasteiger partial charge is 0.152 e. The predicted octanol–water partition coefficient (Wildman–Crippen LogP) is 2.36. The van der Waals surface area contributed by atoms with Crippen LogP contribution in [0.15, 0.2) is 30.3 Å². The third kappa shape index (κ3) is 3.78. The highest BCUT2D eigenvalue weighted by Crippen LogP contribution is 2.28. The van der Waals surface area contributed by atoms with Crippen molar-refractivity contribution in [1.29, 1.82) is 0 Å². The Morgan fingerprint density at radius 3 is 2.70 bits per heavy atom. The Morgan fingerprint density at radius 1 is 1.22 bits per heavy atom. The first-order valence-corrected chi connectivity index (χ1v) is 11.4. The highest BCUT2D eigenvalue weighted by atomic mass is 32.2. The number of sulfone groups is 1. The van der Waals surface area contributed by atoms with Crippen molar-refractivity contribution in [3.8, 4) is 0 Å². The van der Waals surface area contributed by atoms with Crippen LogP contribution in [0.2, 0.25) is 0 Å². The molecule has 1 unspecified atom stereocenters. The molecular weight excluding hydrogens is 360 g/mol. The molecule has 0 saturated carbocycles. The van der Waals surface area contributed by atoms with E-state index in [1.807, 2.05) is 13.0 Å². The molecule has 1 aromatic heterocycles. The van der Waals surface area contributed by atoms with Crippen molar-refractivity contribution in [1.82, 2.24) is 9.97 Å². The fraction of sp³-hybridized carbons (Fsp3) is 0.500. The van der Waals surface area contributed by atoms with Crippen LogP contribution in [-0.4, -0.2) is 49.0 Å². The summed E-state index contributed by atoms with van der Waals surface area (Å²) in [4.78, 5) is 13.7. The van der Waals surface area contributed by atoms with Crippen molar-refractivity contribution in [3.63, 3.8) is 0 Å². The van der Waals surface area contributed by atoms with E-state index < -0.39 is 9.84 Å². The second-order valence-corrected chi connectivity index (χ2v) is 9.64. The van der Waals surface area contributed by atoms with Crippen molar-refractivity contribution in [2.45, 2.75) is 39.3 Å². The molecule has 1 atom stereocenters. The van der Waals surface area contributed by atoms with Crippen LogP contribution < -0.4 is 9.80 Å². The van der Waals surface area contributed by atoms with Crippen molar-refractivity contribution >= 4 is 21.5 Å². The van der Waals surface area contributed by atoms with E-state index in [0.29, 0.717) is 6.42 Å². The molecule has 1 aromatic carbocycles. The number of hydrogen-bond donors (Lipinski definition) is 0. The van der Waals surface area contributed by atoms with E-state index in [0.717, 1.165) is 43.5 Å². The fourth-order valence-corrected chi connectivity index (χ4v) is 5.90. The largest absolute Gasteiger partial charge is 0.353 e. The van der Waals surface area contributed by atoms with Gasteiger partial charge >= 0.3 is 0 Å². The minimum atomic E-state index is -2.93. The number of rotatable bonds is 4. The van der Waals surface area contributed by atoms with Gasteiger partial charge < -0.3 is 9.80 Å². The van der Waals surface area contributed by atoms with E-state index in [9.17, 15) is 8.42 Å². The normalized spacial score (nSPS) is 21.1. The predicted molar refractivity (Wildman–Crippen MR) is 108 cm³/mol. The average Bonchev–Trinajstić information content (AvgIpc) is 3.01. The molecular formula is C20H26N4O2S. The number of benzene rings is 1. The summed E-state index contributed by atoms with van der Waals surface area (Å²) < 4.78 is 23.8. The molecule has 144 valence electrons. The van der Waals surface area contributed by atoms with Gasteiger partial charge in [-0.1, -0.05) is 24.3 Å². The summed E-state index contributed by atoms with van der Waals surface area (Å²) in [7, 11) is -2.93. The summed E-state index contributed by atoms with van der Waals surface area (Å²) >= 11 is 0. The number of nitrogens with zero attached hydrogens (tertiary/aromatic N) is 4. The van der Waals surface area contributed by atoms with Crippen molar-refractivity contribution in [2.24, 2.45) is 0 Å². The lowest BCUT2D eigenvalue weighted by Gasteiger charge is -2.32. The van der Waals surface area contributed by atoms with Gasteiger partial charge in [0.1, 0.15) is 17.5 Å². The molecule has 0 spiro atoms. The van der Waals surface area contributed by atoms with Crippen LogP contribution in [0.3, 0.4) is 0 Å². The lowest BCUT2D eigenvalue weighted by atomic mass is 10.00. The summed E-state index contributed by atoms with van der Waals surface area (Å²) in [6, 6.07) is 10.6. The average molecular weight is 387 g/mol. The first kappa shape index (κ1) is 18.2. The van der Waals surface area contributed by atoms with Crippen LogP contribution in [0.1, 0.15) is 30.3 Å². The molecule has 2 aliphatic rings. The zero-order valence-corrected chi connectivity index (χ0v) is 16.7. The van der Waals surface area contributed by atoms with Crippen molar-refractivity contribution in [3.05, 3.63) is 47.3 Å². The van der Waals surface area contributed by atoms with Crippen molar-refractivity contribution in [2.75, 3.05) is 34.4 Å². The Hall–Kier alpha value is -2.15. The van der Waals surface area contributed by atoms with Crippen LogP contribution in [-0.2, 0) is 22.8 Å². The molecule has 3 heterocycles. The number of hydrogen-bond acceptors (Lipinski definition) is 6. The molecule has 0 radical (unpaired) electrons. The van der Waals surface area contributed by atoms with Gasteiger partial charge in [-0.3, -0.25) is 0 Å². The highest BCUT2D eigenvalue weighted by Gasteiger charge is 2.32. The molecule has 2 aromatic rings. The van der Waals surface area contributed by atoms with Gasteiger partial charge in [-0.15, -0.1) is 0 Å². The van der Waals surface area contributed by atoms with Gasteiger partial charge in [-0.05, 0) is 37.8 Å². The molecule has 2 aliphatic heterocycles. The minimum absolute atomic E-state index is 0.00392. The zero-order chi connectivity index (χ0) is 19.0. The van der Waals surface area contributed by atoms with Crippen LogP contribution in [0, 0.1) is 6.92 Å². The van der Waals surface area contributed by atoms with E-state index in [1.165, 1.54) is 11.1 Å². The molecule has 1 fully saturated rings. The fourth-order valence-electron chi connectivity index (χ4n) is 4.17. The third-order valence-electron chi connectivity index (χ3n) is 5.55. The zero-order valence-electron chi connectivity index (χ0n) is 15.9. The van der Waals surface area contributed by atoms with E-state index in [-0.39, 0.29) is 17.5 Å². The molecule has 0 aliphatic carbocycles. The lowest BCUT2D eigenvalue weighted by molar-refractivity contribution is 0.599. The highest BCUT2D eigenvalue weighted by molar-refractivity contribution is 7.91. The van der Waals surface area contributed by atoms with Gasteiger partial charge in [-0.2, -0.15) is 0 Å². The molecule has 27 heavy (non-hydrogen) atoms. The number of fused-ring (bicyclic) bond motifs is 1. The lowest BCUT2D eigenvalue weighted by Crippen LogP contribution is -2.37. The molecule has 6 nitrogen and oxygen atoms in total.